The zero-order chi connectivity index (χ0) is 23.5. The summed E-state index contributed by atoms with van der Waals surface area (Å²) in [5.41, 5.74) is 2.79. The first-order valence-corrected chi connectivity index (χ1v) is 10.7. The molecular weight excluding hydrogens is 439 g/mol. The summed E-state index contributed by atoms with van der Waals surface area (Å²) < 4.78 is 39.8. The van der Waals surface area contributed by atoms with Gasteiger partial charge in [0, 0.05) is 41.5 Å². The predicted molar refractivity (Wildman–Crippen MR) is 126 cm³/mol. The maximum Gasteiger partial charge on any atom is 0.416 e. The van der Waals surface area contributed by atoms with Crippen molar-refractivity contribution >= 4 is 16.7 Å². The number of fused-ring (bicyclic) bond motifs is 1. The second-order valence-corrected chi connectivity index (χ2v) is 7.79. The van der Waals surface area contributed by atoms with Gasteiger partial charge in [-0.2, -0.15) is 13.2 Å². The number of para-hydroxylation sites is 1. The molecule has 5 aromatic rings. The van der Waals surface area contributed by atoms with Crippen LogP contribution >= 0.6 is 0 Å². The van der Waals surface area contributed by atoms with E-state index in [1.165, 1.54) is 11.6 Å². The Labute approximate surface area is 193 Å². The highest BCUT2D eigenvalue weighted by molar-refractivity contribution is 5.83. The number of hydrogen-bond acceptors (Lipinski definition) is 4. The molecule has 0 fully saturated rings. The van der Waals surface area contributed by atoms with Crippen LogP contribution in [0.1, 0.15) is 11.1 Å². The Morgan fingerprint density at radius 3 is 2.53 bits per heavy atom. The Morgan fingerprint density at radius 2 is 1.71 bits per heavy atom. The number of aromatic nitrogens is 4. The van der Waals surface area contributed by atoms with E-state index in [0.29, 0.717) is 35.1 Å². The first-order valence-electron chi connectivity index (χ1n) is 10.7. The van der Waals surface area contributed by atoms with Gasteiger partial charge in [-0.15, -0.1) is 0 Å². The second kappa shape index (κ2) is 8.97. The number of pyridine rings is 1. The Morgan fingerprint density at radius 1 is 0.853 bits per heavy atom. The van der Waals surface area contributed by atoms with Gasteiger partial charge in [-0.05, 0) is 42.3 Å². The van der Waals surface area contributed by atoms with Gasteiger partial charge in [0.15, 0.2) is 5.82 Å². The van der Waals surface area contributed by atoms with Gasteiger partial charge in [0.05, 0.1) is 11.3 Å². The van der Waals surface area contributed by atoms with Gasteiger partial charge in [0.25, 0.3) is 0 Å². The van der Waals surface area contributed by atoms with Gasteiger partial charge < -0.3 is 10.3 Å². The second-order valence-electron chi connectivity index (χ2n) is 7.79. The van der Waals surface area contributed by atoms with Crippen LogP contribution < -0.4 is 5.32 Å². The zero-order valence-corrected chi connectivity index (χ0v) is 18.0. The van der Waals surface area contributed by atoms with Crippen LogP contribution in [0.2, 0.25) is 0 Å². The van der Waals surface area contributed by atoms with E-state index in [4.69, 9.17) is 0 Å². The lowest BCUT2D eigenvalue weighted by molar-refractivity contribution is -0.137. The average molecular weight is 459 g/mol. The molecule has 170 valence electrons. The Balaban J connectivity index is 1.46. The van der Waals surface area contributed by atoms with E-state index in [1.54, 1.807) is 30.5 Å². The largest absolute Gasteiger partial charge is 0.416 e. The minimum Gasteiger partial charge on any atom is -0.370 e. The molecule has 0 unspecified atom stereocenters. The molecule has 8 heteroatoms. The smallest absolute Gasteiger partial charge is 0.370 e. The summed E-state index contributed by atoms with van der Waals surface area (Å²) in [6.45, 7) is 0.586. The van der Waals surface area contributed by atoms with Crippen molar-refractivity contribution in [2.45, 2.75) is 12.6 Å². The zero-order valence-electron chi connectivity index (χ0n) is 18.0. The van der Waals surface area contributed by atoms with Gasteiger partial charge in [-0.1, -0.05) is 36.4 Å². The standard InChI is InChI=1S/C26H20F3N5/c27-26(28,29)19-7-5-6-17(14-19)23-15-24(34-25(33-23)22-10-3-4-12-30-22)31-13-11-18-16-32-21-9-2-1-8-20(18)21/h1-10,12,14-16,32H,11,13H2,(H,31,33,34). The molecule has 34 heavy (non-hydrogen) atoms. The molecule has 0 bridgehead atoms. The summed E-state index contributed by atoms with van der Waals surface area (Å²) in [4.78, 5) is 16.6. The molecule has 3 aromatic heterocycles. The van der Waals surface area contributed by atoms with Crippen molar-refractivity contribution in [2.75, 3.05) is 11.9 Å². The highest BCUT2D eigenvalue weighted by atomic mass is 19.4. The molecule has 2 aromatic carbocycles. The summed E-state index contributed by atoms with van der Waals surface area (Å²) in [7, 11) is 0. The molecule has 5 rings (SSSR count). The van der Waals surface area contributed by atoms with Crippen molar-refractivity contribution in [3.8, 4) is 22.8 Å². The van der Waals surface area contributed by atoms with Crippen molar-refractivity contribution < 1.29 is 13.2 Å². The summed E-state index contributed by atoms with van der Waals surface area (Å²) in [6.07, 6.45) is -0.0848. The molecular formula is C26H20F3N5. The molecule has 0 aliphatic rings. The molecule has 2 N–H and O–H groups in total. The van der Waals surface area contributed by atoms with Crippen molar-refractivity contribution in [3.05, 3.63) is 96.3 Å². The van der Waals surface area contributed by atoms with Gasteiger partial charge in [-0.25, -0.2) is 9.97 Å². The number of benzene rings is 2. The number of nitrogens with zero attached hydrogens (tertiary/aromatic N) is 3. The fraction of sp³-hybridized carbons (Fsp3) is 0.115. The minimum absolute atomic E-state index is 0.338. The van der Waals surface area contributed by atoms with Crippen LogP contribution in [-0.2, 0) is 12.6 Å². The number of hydrogen-bond donors (Lipinski definition) is 2. The monoisotopic (exact) mass is 459 g/mol. The first-order chi connectivity index (χ1) is 16.5. The van der Waals surface area contributed by atoms with Gasteiger partial charge in [0.2, 0.25) is 0 Å². The third-order valence-electron chi connectivity index (χ3n) is 5.48. The van der Waals surface area contributed by atoms with Crippen molar-refractivity contribution in [2.24, 2.45) is 0 Å². The predicted octanol–water partition coefficient (Wildman–Crippen LogP) is 6.36. The van der Waals surface area contributed by atoms with E-state index in [0.717, 1.165) is 29.5 Å². The van der Waals surface area contributed by atoms with E-state index in [-0.39, 0.29) is 0 Å². The molecule has 3 heterocycles. The Hall–Kier alpha value is -4.20. The van der Waals surface area contributed by atoms with Gasteiger partial charge in [0.1, 0.15) is 11.5 Å². The quantitative estimate of drug-likeness (QED) is 0.310. The van der Waals surface area contributed by atoms with Crippen molar-refractivity contribution in [1.29, 1.82) is 0 Å². The highest BCUT2D eigenvalue weighted by Crippen LogP contribution is 2.32. The molecule has 5 nitrogen and oxygen atoms in total. The molecule has 0 spiro atoms. The number of alkyl halides is 3. The van der Waals surface area contributed by atoms with Crippen LogP contribution in [0.3, 0.4) is 0 Å². The van der Waals surface area contributed by atoms with Crippen LogP contribution in [0.5, 0.6) is 0 Å². The lowest BCUT2D eigenvalue weighted by Crippen LogP contribution is -2.08. The molecule has 0 saturated carbocycles. The average Bonchev–Trinajstić information content (AvgIpc) is 3.27. The topological polar surface area (TPSA) is 66.5 Å². The van der Waals surface area contributed by atoms with Crippen molar-refractivity contribution in [3.63, 3.8) is 0 Å². The lowest BCUT2D eigenvalue weighted by Gasteiger charge is -2.12. The number of rotatable bonds is 6. The van der Waals surface area contributed by atoms with E-state index >= 15 is 0 Å². The van der Waals surface area contributed by atoms with Crippen LogP contribution in [-0.4, -0.2) is 26.5 Å². The maximum atomic E-state index is 13.3. The van der Waals surface area contributed by atoms with Gasteiger partial charge in [-0.3, -0.25) is 4.98 Å². The van der Waals surface area contributed by atoms with E-state index in [1.807, 2.05) is 30.5 Å². The normalized spacial score (nSPS) is 11.6. The molecule has 0 radical (unpaired) electrons. The van der Waals surface area contributed by atoms with Crippen molar-refractivity contribution in [1.82, 2.24) is 19.9 Å². The summed E-state index contributed by atoms with van der Waals surface area (Å²) in [5, 5.41) is 4.46. The maximum absolute atomic E-state index is 13.3. The van der Waals surface area contributed by atoms with E-state index in [2.05, 4.69) is 31.3 Å². The fourth-order valence-electron chi connectivity index (χ4n) is 3.81. The highest BCUT2D eigenvalue weighted by Gasteiger charge is 2.30. The molecule has 0 saturated heterocycles. The van der Waals surface area contributed by atoms with Crippen LogP contribution in [0.4, 0.5) is 19.0 Å². The van der Waals surface area contributed by atoms with Crippen LogP contribution in [0, 0.1) is 0 Å². The number of halogens is 3. The third kappa shape index (κ3) is 4.61. The summed E-state index contributed by atoms with van der Waals surface area (Å²) in [6, 6.07) is 20.2. The molecule has 0 amide bonds. The lowest BCUT2D eigenvalue weighted by atomic mass is 10.1. The van der Waals surface area contributed by atoms with Crippen LogP contribution in [0.25, 0.3) is 33.7 Å². The Bertz CT molecular complexity index is 1430. The Kier molecular flexibility index (Phi) is 5.71. The third-order valence-corrected chi connectivity index (χ3v) is 5.48. The van der Waals surface area contributed by atoms with E-state index < -0.39 is 11.7 Å². The number of nitrogens with one attached hydrogen (secondary N) is 2. The molecule has 0 atom stereocenters. The summed E-state index contributed by atoms with van der Waals surface area (Å²) >= 11 is 0. The van der Waals surface area contributed by atoms with E-state index in [9.17, 15) is 13.2 Å². The number of H-pyrrole nitrogens is 1. The fourth-order valence-corrected chi connectivity index (χ4v) is 3.81. The molecule has 0 aliphatic heterocycles. The van der Waals surface area contributed by atoms with Gasteiger partial charge >= 0.3 is 6.18 Å². The SMILES string of the molecule is FC(F)(F)c1cccc(-c2cc(NCCc3c[nH]c4ccccc34)nc(-c3ccccn3)n2)c1. The van der Waals surface area contributed by atoms with Crippen LogP contribution in [0.15, 0.2) is 85.2 Å². The molecule has 0 aliphatic carbocycles. The minimum atomic E-state index is -4.44. The summed E-state index contributed by atoms with van der Waals surface area (Å²) in [5.74, 6) is 0.855. The first kappa shape index (κ1) is 21.6. The number of aromatic amines is 1. The number of anilines is 1.